The smallest absolute Gasteiger partial charge is 0.253 e. The third-order valence-electron chi connectivity index (χ3n) is 6.49. The molecule has 0 spiro atoms. The average Bonchev–Trinajstić information content (AvgIpc) is 3.12. The molecule has 4 rings (SSSR count). The zero-order valence-corrected chi connectivity index (χ0v) is 18.3. The zero-order valence-electron chi connectivity index (χ0n) is 18.3. The van der Waals surface area contributed by atoms with E-state index in [4.69, 9.17) is 4.42 Å². The highest BCUT2D eigenvalue weighted by Crippen LogP contribution is 2.26. The van der Waals surface area contributed by atoms with Crippen LogP contribution in [0.1, 0.15) is 55.6 Å². The number of nitrogens with one attached hydrogen (secondary N) is 1. The Morgan fingerprint density at radius 3 is 2.40 bits per heavy atom. The van der Waals surface area contributed by atoms with Gasteiger partial charge in [0.05, 0.1) is 0 Å². The van der Waals surface area contributed by atoms with Gasteiger partial charge in [0.15, 0.2) is 0 Å². The van der Waals surface area contributed by atoms with Crippen LogP contribution in [0.3, 0.4) is 0 Å². The van der Waals surface area contributed by atoms with Crippen LogP contribution in [-0.2, 0) is 4.79 Å². The number of likely N-dealkylation sites (tertiary alicyclic amines) is 2. The molecule has 0 atom stereocenters. The molecular formula is C24H33N3O3. The van der Waals surface area contributed by atoms with E-state index in [0.29, 0.717) is 6.04 Å². The molecule has 2 fully saturated rings. The van der Waals surface area contributed by atoms with Gasteiger partial charge in [-0.2, -0.15) is 0 Å². The fraction of sp³-hybridized carbons (Fsp3) is 0.583. The lowest BCUT2D eigenvalue weighted by Gasteiger charge is -2.41. The highest BCUT2D eigenvalue weighted by atomic mass is 16.3. The Balaban J connectivity index is 1.28. The Morgan fingerprint density at radius 2 is 1.73 bits per heavy atom. The van der Waals surface area contributed by atoms with Gasteiger partial charge in [0.2, 0.25) is 5.91 Å². The number of benzene rings is 1. The zero-order chi connectivity index (χ0) is 21.3. The van der Waals surface area contributed by atoms with Gasteiger partial charge in [0.25, 0.3) is 5.91 Å². The van der Waals surface area contributed by atoms with E-state index in [0.717, 1.165) is 74.2 Å². The van der Waals surface area contributed by atoms with Crippen molar-refractivity contribution >= 4 is 22.8 Å². The predicted octanol–water partition coefficient (Wildman–Crippen LogP) is 3.58. The number of carbonyl (C=O) groups excluding carboxylic acids is 2. The van der Waals surface area contributed by atoms with Crippen molar-refractivity contribution in [1.82, 2.24) is 15.1 Å². The number of hydrogen-bond acceptors (Lipinski definition) is 4. The van der Waals surface area contributed by atoms with Gasteiger partial charge >= 0.3 is 0 Å². The van der Waals surface area contributed by atoms with Gasteiger partial charge < -0.3 is 19.5 Å². The summed E-state index contributed by atoms with van der Waals surface area (Å²) in [5.41, 5.74) is 1.56. The van der Waals surface area contributed by atoms with Crippen LogP contribution < -0.4 is 5.32 Å². The van der Waals surface area contributed by atoms with E-state index in [1.54, 1.807) is 0 Å². The van der Waals surface area contributed by atoms with Gasteiger partial charge in [-0.15, -0.1) is 0 Å². The molecule has 0 aliphatic carbocycles. The van der Waals surface area contributed by atoms with E-state index in [9.17, 15) is 9.59 Å². The summed E-state index contributed by atoms with van der Waals surface area (Å²) in [6.45, 7) is 9.48. The summed E-state index contributed by atoms with van der Waals surface area (Å²) in [5.74, 6) is 1.32. The third kappa shape index (κ3) is 4.53. The van der Waals surface area contributed by atoms with Crippen molar-refractivity contribution in [3.05, 3.63) is 35.6 Å². The maximum absolute atomic E-state index is 13.0. The number of aryl methyl sites for hydroxylation is 1. The number of piperidine rings is 2. The average molecular weight is 412 g/mol. The van der Waals surface area contributed by atoms with Crippen LogP contribution >= 0.6 is 0 Å². The topological polar surface area (TPSA) is 65.8 Å². The maximum Gasteiger partial charge on any atom is 0.253 e. The van der Waals surface area contributed by atoms with Crippen molar-refractivity contribution in [3.63, 3.8) is 0 Å². The summed E-state index contributed by atoms with van der Waals surface area (Å²) in [7, 11) is 0. The van der Waals surface area contributed by atoms with Crippen LogP contribution in [-0.4, -0.2) is 59.9 Å². The van der Waals surface area contributed by atoms with Crippen LogP contribution in [0.25, 0.3) is 11.0 Å². The molecule has 0 radical (unpaired) electrons. The molecule has 30 heavy (non-hydrogen) atoms. The van der Waals surface area contributed by atoms with Crippen LogP contribution in [0.4, 0.5) is 0 Å². The minimum absolute atomic E-state index is 0.110. The molecule has 1 aromatic heterocycles. The SMILES string of the molecule is Cc1cc2cc(C(=O)N3CCC(N4CCC(C(=O)NC(C)C)CC4)CC3)ccc2o1. The van der Waals surface area contributed by atoms with Crippen LogP contribution in [0.15, 0.2) is 28.7 Å². The summed E-state index contributed by atoms with van der Waals surface area (Å²) in [5, 5.41) is 4.03. The largest absolute Gasteiger partial charge is 0.461 e. The van der Waals surface area contributed by atoms with Crippen LogP contribution in [0.2, 0.25) is 0 Å². The number of rotatable bonds is 4. The Kier molecular flexibility index (Phi) is 6.14. The fourth-order valence-electron chi connectivity index (χ4n) is 4.85. The third-order valence-corrected chi connectivity index (χ3v) is 6.49. The second-order valence-corrected chi connectivity index (χ2v) is 9.11. The molecule has 0 unspecified atom stereocenters. The van der Waals surface area contributed by atoms with Gasteiger partial charge in [-0.25, -0.2) is 0 Å². The first-order valence-electron chi connectivity index (χ1n) is 11.2. The van der Waals surface area contributed by atoms with Crippen molar-refractivity contribution in [3.8, 4) is 0 Å². The summed E-state index contributed by atoms with van der Waals surface area (Å²) in [6.07, 6.45) is 3.87. The van der Waals surface area contributed by atoms with Crippen molar-refractivity contribution in [2.24, 2.45) is 5.92 Å². The van der Waals surface area contributed by atoms with Gasteiger partial charge in [0, 0.05) is 42.0 Å². The Hall–Kier alpha value is -2.34. The molecule has 2 aliphatic rings. The van der Waals surface area contributed by atoms with E-state index in [1.807, 2.05) is 49.9 Å². The van der Waals surface area contributed by atoms with E-state index in [-0.39, 0.29) is 23.8 Å². The van der Waals surface area contributed by atoms with Gasteiger partial charge in [-0.3, -0.25) is 9.59 Å². The molecular weight excluding hydrogens is 378 g/mol. The lowest BCUT2D eigenvalue weighted by molar-refractivity contribution is -0.127. The fourth-order valence-corrected chi connectivity index (χ4v) is 4.85. The summed E-state index contributed by atoms with van der Waals surface area (Å²) >= 11 is 0. The monoisotopic (exact) mass is 411 g/mol. The van der Waals surface area contributed by atoms with E-state index >= 15 is 0 Å². The summed E-state index contributed by atoms with van der Waals surface area (Å²) < 4.78 is 5.61. The minimum atomic E-state index is 0.110. The Bertz CT molecular complexity index is 904. The first kappa shape index (κ1) is 20.9. The van der Waals surface area contributed by atoms with Gasteiger partial charge in [0.1, 0.15) is 11.3 Å². The molecule has 0 saturated carbocycles. The number of hydrogen-bond donors (Lipinski definition) is 1. The first-order chi connectivity index (χ1) is 14.4. The normalized spacial score (nSPS) is 19.5. The molecule has 6 heteroatoms. The number of amides is 2. The Morgan fingerprint density at radius 1 is 1.03 bits per heavy atom. The lowest BCUT2D eigenvalue weighted by atomic mass is 9.92. The van der Waals surface area contributed by atoms with Crippen LogP contribution in [0.5, 0.6) is 0 Å². The van der Waals surface area contributed by atoms with Crippen molar-refractivity contribution in [2.45, 2.75) is 58.5 Å². The van der Waals surface area contributed by atoms with Crippen molar-refractivity contribution in [2.75, 3.05) is 26.2 Å². The summed E-state index contributed by atoms with van der Waals surface area (Å²) in [4.78, 5) is 29.7. The van der Waals surface area contributed by atoms with Gasteiger partial charge in [-0.05, 0) is 83.8 Å². The Labute approximate surface area is 178 Å². The second kappa shape index (κ2) is 8.80. The van der Waals surface area contributed by atoms with Crippen molar-refractivity contribution in [1.29, 1.82) is 0 Å². The van der Waals surface area contributed by atoms with E-state index in [2.05, 4.69) is 10.2 Å². The molecule has 0 bridgehead atoms. The lowest BCUT2D eigenvalue weighted by Crippen LogP contribution is -2.50. The number of nitrogens with zero attached hydrogens (tertiary/aromatic N) is 2. The number of furan rings is 1. The molecule has 2 aliphatic heterocycles. The first-order valence-corrected chi connectivity index (χ1v) is 11.2. The molecule has 1 aromatic carbocycles. The van der Waals surface area contributed by atoms with Crippen molar-refractivity contribution < 1.29 is 14.0 Å². The molecule has 2 amide bonds. The number of fused-ring (bicyclic) bond motifs is 1. The highest BCUT2D eigenvalue weighted by molar-refractivity contribution is 5.97. The van der Waals surface area contributed by atoms with Gasteiger partial charge in [-0.1, -0.05) is 0 Å². The predicted molar refractivity (Wildman–Crippen MR) is 117 cm³/mol. The molecule has 162 valence electrons. The highest BCUT2D eigenvalue weighted by Gasteiger charge is 2.32. The standard InChI is InChI=1S/C24H33N3O3/c1-16(2)25-23(28)18-6-10-26(11-7-18)21-8-12-27(13-9-21)24(29)19-4-5-22-20(15-19)14-17(3)30-22/h4-5,14-16,18,21H,6-13H2,1-3H3,(H,25,28). The minimum Gasteiger partial charge on any atom is -0.461 e. The molecule has 1 N–H and O–H groups in total. The second-order valence-electron chi connectivity index (χ2n) is 9.11. The molecule has 2 aromatic rings. The molecule has 6 nitrogen and oxygen atoms in total. The quantitative estimate of drug-likeness (QED) is 0.835. The molecule has 3 heterocycles. The summed E-state index contributed by atoms with van der Waals surface area (Å²) in [6, 6.07) is 8.39. The number of carbonyl (C=O) groups is 2. The van der Waals surface area contributed by atoms with E-state index in [1.165, 1.54) is 0 Å². The van der Waals surface area contributed by atoms with E-state index < -0.39 is 0 Å². The van der Waals surface area contributed by atoms with Crippen LogP contribution in [0, 0.1) is 12.8 Å². The molecule has 2 saturated heterocycles. The maximum atomic E-state index is 13.0.